The molecule has 176 valence electrons. The molecule has 1 aliphatic rings. The van der Waals surface area contributed by atoms with E-state index in [0.717, 1.165) is 25.7 Å². The molecule has 1 heterocycles. The van der Waals surface area contributed by atoms with E-state index in [0.29, 0.717) is 16.2 Å². The summed E-state index contributed by atoms with van der Waals surface area (Å²) in [5.74, 6) is -0.331. The molecule has 1 fully saturated rings. The summed E-state index contributed by atoms with van der Waals surface area (Å²) < 4.78 is 5.34. The van der Waals surface area contributed by atoms with E-state index < -0.39 is 6.04 Å². The molecule has 1 aliphatic carbocycles. The van der Waals surface area contributed by atoms with Crippen molar-refractivity contribution in [2.24, 2.45) is 0 Å². The summed E-state index contributed by atoms with van der Waals surface area (Å²) in [6, 6.07) is 9.86. The van der Waals surface area contributed by atoms with Gasteiger partial charge in [-0.2, -0.15) is 0 Å². The van der Waals surface area contributed by atoms with E-state index in [9.17, 15) is 14.4 Å². The number of hydrogen-bond donors (Lipinski definition) is 2. The van der Waals surface area contributed by atoms with Crippen molar-refractivity contribution in [2.45, 2.75) is 44.2 Å². The quantitative estimate of drug-likeness (QED) is 0.520. The highest BCUT2D eigenvalue weighted by Crippen LogP contribution is 2.26. The summed E-state index contributed by atoms with van der Waals surface area (Å²) in [5, 5.41) is 7.61. The van der Waals surface area contributed by atoms with Crippen molar-refractivity contribution < 1.29 is 19.1 Å². The third-order valence-corrected chi connectivity index (χ3v) is 6.58. The van der Waals surface area contributed by atoms with Crippen LogP contribution in [0.15, 0.2) is 54.4 Å². The molecule has 8 heteroatoms. The lowest BCUT2D eigenvalue weighted by Gasteiger charge is -2.33. The second-order valence-electron chi connectivity index (χ2n) is 8.02. The number of nitrogens with zero attached hydrogens (tertiary/aromatic N) is 1. The third-order valence-electron chi connectivity index (χ3n) is 5.71. The first-order valence-electron chi connectivity index (χ1n) is 11.2. The van der Waals surface area contributed by atoms with Gasteiger partial charge in [0.25, 0.3) is 5.91 Å². The largest absolute Gasteiger partial charge is 0.497 e. The molecule has 1 aromatic carbocycles. The number of amides is 3. The number of methoxy groups -OCH3 is 1. The first kappa shape index (κ1) is 24.5. The fourth-order valence-electron chi connectivity index (χ4n) is 4.05. The van der Waals surface area contributed by atoms with Gasteiger partial charge in [0, 0.05) is 12.6 Å². The van der Waals surface area contributed by atoms with Crippen molar-refractivity contribution in [1.29, 1.82) is 0 Å². The molecule has 33 heavy (non-hydrogen) atoms. The number of rotatable bonds is 10. The van der Waals surface area contributed by atoms with Crippen LogP contribution in [-0.2, 0) is 9.59 Å². The Labute approximate surface area is 198 Å². The van der Waals surface area contributed by atoms with Gasteiger partial charge in [-0.15, -0.1) is 17.9 Å². The van der Waals surface area contributed by atoms with Gasteiger partial charge in [-0.1, -0.05) is 43.5 Å². The summed E-state index contributed by atoms with van der Waals surface area (Å²) in [4.78, 5) is 41.0. The maximum Gasteiger partial charge on any atom is 0.261 e. The maximum atomic E-state index is 13.5. The van der Waals surface area contributed by atoms with Crippen LogP contribution in [-0.4, -0.2) is 48.9 Å². The zero-order valence-corrected chi connectivity index (χ0v) is 19.7. The van der Waals surface area contributed by atoms with Crippen molar-refractivity contribution >= 4 is 29.1 Å². The predicted octanol–water partition coefficient (Wildman–Crippen LogP) is 3.69. The van der Waals surface area contributed by atoms with Crippen LogP contribution in [0.1, 0.15) is 53.4 Å². The second kappa shape index (κ2) is 12.2. The van der Waals surface area contributed by atoms with Crippen LogP contribution in [0, 0.1) is 0 Å². The minimum Gasteiger partial charge on any atom is -0.497 e. The lowest BCUT2D eigenvalue weighted by atomic mass is 9.94. The van der Waals surface area contributed by atoms with E-state index >= 15 is 0 Å². The Kier molecular flexibility index (Phi) is 9.06. The molecule has 1 atom stereocenters. The Balaban J connectivity index is 1.83. The first-order chi connectivity index (χ1) is 16.0. The van der Waals surface area contributed by atoms with Gasteiger partial charge in [-0.25, -0.2) is 0 Å². The first-order valence-corrected chi connectivity index (χ1v) is 12.1. The number of nitrogens with one attached hydrogen (secondary N) is 2. The van der Waals surface area contributed by atoms with Gasteiger partial charge in [0.15, 0.2) is 0 Å². The number of benzene rings is 1. The van der Waals surface area contributed by atoms with Crippen LogP contribution in [0.5, 0.6) is 5.75 Å². The summed E-state index contributed by atoms with van der Waals surface area (Å²) in [6.45, 7) is 3.71. The lowest BCUT2D eigenvalue weighted by Crippen LogP contribution is -2.49. The monoisotopic (exact) mass is 469 g/mol. The molecule has 3 amide bonds. The van der Waals surface area contributed by atoms with E-state index in [1.165, 1.54) is 22.7 Å². The Morgan fingerprint density at radius 1 is 1.21 bits per heavy atom. The van der Waals surface area contributed by atoms with Gasteiger partial charge >= 0.3 is 0 Å². The number of carbonyl (C=O) groups is 3. The molecule has 0 radical (unpaired) electrons. The van der Waals surface area contributed by atoms with E-state index in [1.807, 2.05) is 0 Å². The maximum absolute atomic E-state index is 13.5. The molecule has 1 unspecified atom stereocenters. The van der Waals surface area contributed by atoms with Crippen molar-refractivity contribution in [3.63, 3.8) is 0 Å². The standard InChI is InChI=1S/C25H31N3O4S/c1-3-14-28(22(29)17-26-24(30)21-13-8-15-33-21)23(18-9-7-12-20(16-18)32-2)25(31)27-19-10-5-4-6-11-19/h3,7-9,12-13,15-16,19,23H,1,4-6,10-11,14,17H2,2H3,(H,26,30)(H,27,31). The van der Waals surface area contributed by atoms with Gasteiger partial charge in [0.1, 0.15) is 11.8 Å². The molecule has 2 aromatic rings. The Hall–Kier alpha value is -3.13. The summed E-state index contributed by atoms with van der Waals surface area (Å²) in [6.07, 6.45) is 6.79. The van der Waals surface area contributed by atoms with Crippen molar-refractivity contribution in [1.82, 2.24) is 15.5 Å². The SMILES string of the molecule is C=CCN(C(=O)CNC(=O)c1cccs1)C(C(=O)NC1CCCCC1)c1cccc(OC)c1. The van der Waals surface area contributed by atoms with E-state index in [2.05, 4.69) is 17.2 Å². The normalized spacial score (nSPS) is 14.7. The summed E-state index contributed by atoms with van der Waals surface area (Å²) >= 11 is 1.30. The number of ether oxygens (including phenoxy) is 1. The fourth-order valence-corrected chi connectivity index (χ4v) is 4.69. The molecule has 0 bridgehead atoms. The average Bonchev–Trinajstić information content (AvgIpc) is 3.38. The minimum atomic E-state index is -0.869. The molecule has 0 spiro atoms. The van der Waals surface area contributed by atoms with Crippen molar-refractivity contribution in [2.75, 3.05) is 20.2 Å². The molecule has 1 aromatic heterocycles. The van der Waals surface area contributed by atoms with Crippen LogP contribution in [0.25, 0.3) is 0 Å². The fraction of sp³-hybridized carbons (Fsp3) is 0.400. The molecule has 7 nitrogen and oxygen atoms in total. The zero-order chi connectivity index (χ0) is 23.6. The minimum absolute atomic E-state index is 0.0959. The highest BCUT2D eigenvalue weighted by molar-refractivity contribution is 7.12. The second-order valence-corrected chi connectivity index (χ2v) is 8.97. The highest BCUT2D eigenvalue weighted by atomic mass is 32.1. The highest BCUT2D eigenvalue weighted by Gasteiger charge is 2.32. The number of thiophene rings is 1. The van der Waals surface area contributed by atoms with Gasteiger partial charge < -0.3 is 20.3 Å². The van der Waals surface area contributed by atoms with Gasteiger partial charge in [-0.05, 0) is 42.0 Å². The van der Waals surface area contributed by atoms with Crippen LogP contribution < -0.4 is 15.4 Å². The molecule has 3 rings (SSSR count). The van der Waals surface area contributed by atoms with Crippen LogP contribution in [0.3, 0.4) is 0 Å². The van der Waals surface area contributed by atoms with E-state index in [1.54, 1.807) is 55.0 Å². The number of hydrogen-bond acceptors (Lipinski definition) is 5. The van der Waals surface area contributed by atoms with E-state index in [4.69, 9.17) is 4.74 Å². The predicted molar refractivity (Wildman–Crippen MR) is 129 cm³/mol. The number of carbonyl (C=O) groups excluding carboxylic acids is 3. The molecular weight excluding hydrogens is 438 g/mol. The van der Waals surface area contributed by atoms with E-state index in [-0.39, 0.29) is 36.9 Å². The molecule has 1 saturated carbocycles. The van der Waals surface area contributed by atoms with Crippen LogP contribution in [0.4, 0.5) is 0 Å². The van der Waals surface area contributed by atoms with Gasteiger partial charge in [-0.3, -0.25) is 14.4 Å². The smallest absolute Gasteiger partial charge is 0.261 e. The molecule has 0 aliphatic heterocycles. The van der Waals surface area contributed by atoms with Crippen LogP contribution in [0.2, 0.25) is 0 Å². The zero-order valence-electron chi connectivity index (χ0n) is 18.9. The molecule has 2 N–H and O–H groups in total. The van der Waals surface area contributed by atoms with Gasteiger partial charge in [0.2, 0.25) is 11.8 Å². The summed E-state index contributed by atoms with van der Waals surface area (Å²) in [7, 11) is 1.56. The Morgan fingerprint density at radius 2 is 2.00 bits per heavy atom. The van der Waals surface area contributed by atoms with Crippen molar-refractivity contribution in [3.8, 4) is 5.75 Å². The Morgan fingerprint density at radius 3 is 2.67 bits per heavy atom. The topological polar surface area (TPSA) is 87.7 Å². The van der Waals surface area contributed by atoms with Crippen molar-refractivity contribution in [3.05, 3.63) is 64.9 Å². The van der Waals surface area contributed by atoms with Crippen LogP contribution >= 0.6 is 11.3 Å². The van der Waals surface area contributed by atoms with Gasteiger partial charge in [0.05, 0.1) is 18.5 Å². The lowest BCUT2D eigenvalue weighted by molar-refractivity contribution is -0.139. The average molecular weight is 470 g/mol. The molecule has 0 saturated heterocycles. The third kappa shape index (κ3) is 6.68. The summed E-state index contributed by atoms with van der Waals surface area (Å²) in [5.41, 5.74) is 0.641. The molecular formula is C25H31N3O4S. The Bertz CT molecular complexity index is 954.